The Hall–Kier alpha value is -3.16. The Bertz CT molecular complexity index is 1620. The molecule has 1 aromatic heterocycles. The van der Waals surface area contributed by atoms with Crippen LogP contribution in [-0.2, 0) is 6.42 Å². The zero-order valence-corrected chi connectivity index (χ0v) is 20.7. The summed E-state index contributed by atoms with van der Waals surface area (Å²) in [6.45, 7) is 0. The number of allylic oxidation sites excluding steroid dienone is 13. The van der Waals surface area contributed by atoms with Gasteiger partial charge in [-0.1, -0.05) is 78.9 Å². The molecule has 3 aromatic rings. The van der Waals surface area contributed by atoms with Crippen molar-refractivity contribution in [3.05, 3.63) is 123 Å². The Morgan fingerprint density at radius 1 is 0.857 bits per heavy atom. The fraction of sp³-hybridized carbons (Fsp3) is 0.235. The highest BCUT2D eigenvalue weighted by atomic mass is 32.1. The van der Waals surface area contributed by atoms with E-state index in [9.17, 15) is 0 Å². The van der Waals surface area contributed by atoms with Crippen LogP contribution in [0.15, 0.2) is 113 Å². The number of hydrogen-bond acceptors (Lipinski definition) is 1. The lowest BCUT2D eigenvalue weighted by Gasteiger charge is -2.43. The number of aryl methyl sites for hydroxylation is 1. The van der Waals surface area contributed by atoms with Crippen LogP contribution >= 0.6 is 11.3 Å². The molecule has 5 aliphatic carbocycles. The molecule has 0 bridgehead atoms. The van der Waals surface area contributed by atoms with Crippen molar-refractivity contribution in [3.63, 3.8) is 0 Å². The predicted octanol–water partition coefficient (Wildman–Crippen LogP) is 9.28. The largest absolute Gasteiger partial charge is 0.140 e. The molecular weight excluding hydrogens is 440 g/mol. The van der Waals surface area contributed by atoms with E-state index >= 15 is 0 Å². The zero-order valence-electron chi connectivity index (χ0n) is 19.8. The molecule has 170 valence electrons. The first-order valence-electron chi connectivity index (χ1n) is 13.1. The van der Waals surface area contributed by atoms with E-state index in [-0.39, 0.29) is 0 Å². The third-order valence-electron chi connectivity index (χ3n) is 8.91. The van der Waals surface area contributed by atoms with E-state index in [1.165, 1.54) is 58.5 Å². The number of fused-ring (bicyclic) bond motifs is 10. The van der Waals surface area contributed by atoms with E-state index in [4.69, 9.17) is 0 Å². The molecule has 0 fully saturated rings. The highest BCUT2D eigenvalue weighted by Crippen LogP contribution is 2.52. The summed E-state index contributed by atoms with van der Waals surface area (Å²) in [6.07, 6.45) is 27.7. The van der Waals surface area contributed by atoms with Crippen LogP contribution < -0.4 is 0 Å². The third-order valence-corrected chi connectivity index (χ3v) is 10.1. The quantitative estimate of drug-likeness (QED) is 0.334. The van der Waals surface area contributed by atoms with Gasteiger partial charge < -0.3 is 0 Å². The van der Waals surface area contributed by atoms with E-state index in [0.29, 0.717) is 17.8 Å². The van der Waals surface area contributed by atoms with Gasteiger partial charge in [0.25, 0.3) is 0 Å². The normalized spacial score (nSPS) is 26.6. The molecule has 0 aliphatic heterocycles. The van der Waals surface area contributed by atoms with Crippen LogP contribution in [0.4, 0.5) is 0 Å². The van der Waals surface area contributed by atoms with Crippen LogP contribution in [0.5, 0.6) is 0 Å². The molecule has 0 amide bonds. The van der Waals surface area contributed by atoms with Gasteiger partial charge in [0, 0.05) is 20.9 Å². The molecule has 35 heavy (non-hydrogen) atoms. The van der Waals surface area contributed by atoms with Crippen molar-refractivity contribution in [2.24, 2.45) is 17.8 Å². The molecule has 0 radical (unpaired) electrons. The van der Waals surface area contributed by atoms with Gasteiger partial charge in [0.2, 0.25) is 0 Å². The second-order valence-corrected chi connectivity index (χ2v) is 11.8. The van der Waals surface area contributed by atoms with Crippen molar-refractivity contribution in [1.82, 2.24) is 0 Å². The zero-order chi connectivity index (χ0) is 22.9. The highest BCUT2D eigenvalue weighted by molar-refractivity contribution is 7.19. The van der Waals surface area contributed by atoms with Crippen LogP contribution in [-0.4, -0.2) is 0 Å². The van der Waals surface area contributed by atoms with E-state index < -0.39 is 0 Å². The monoisotopic (exact) mass is 468 g/mol. The van der Waals surface area contributed by atoms with E-state index in [0.717, 1.165) is 0 Å². The lowest BCUT2D eigenvalue weighted by molar-refractivity contribution is 0.365. The summed E-state index contributed by atoms with van der Waals surface area (Å²) in [5, 5.41) is 4.22. The molecule has 3 unspecified atom stereocenters. The first kappa shape index (κ1) is 20.1. The highest BCUT2D eigenvalue weighted by Gasteiger charge is 2.40. The Balaban J connectivity index is 1.25. The number of hydrogen-bond donors (Lipinski definition) is 0. The maximum Gasteiger partial charge on any atom is 0.0358 e. The molecule has 0 nitrogen and oxygen atoms in total. The molecule has 5 aliphatic rings. The molecule has 0 saturated heterocycles. The maximum atomic E-state index is 2.56. The van der Waals surface area contributed by atoms with E-state index in [1.54, 1.807) is 32.7 Å². The van der Waals surface area contributed by atoms with E-state index in [2.05, 4.69) is 91.1 Å². The Kier molecular flexibility index (Phi) is 4.40. The molecule has 1 heterocycles. The van der Waals surface area contributed by atoms with Crippen LogP contribution in [0.25, 0.3) is 26.9 Å². The van der Waals surface area contributed by atoms with Gasteiger partial charge in [-0.05, 0) is 100 Å². The summed E-state index contributed by atoms with van der Waals surface area (Å²) in [5.74, 6) is 1.74. The molecule has 0 saturated carbocycles. The molecule has 8 rings (SSSR count). The van der Waals surface area contributed by atoms with Crippen molar-refractivity contribution in [2.45, 2.75) is 32.1 Å². The van der Waals surface area contributed by atoms with Gasteiger partial charge in [0.05, 0.1) is 0 Å². The topological polar surface area (TPSA) is 0 Å². The fourth-order valence-corrected chi connectivity index (χ4v) is 8.49. The van der Waals surface area contributed by atoms with Gasteiger partial charge in [0.15, 0.2) is 0 Å². The van der Waals surface area contributed by atoms with Crippen molar-refractivity contribution < 1.29 is 0 Å². The number of benzene rings is 2. The van der Waals surface area contributed by atoms with Gasteiger partial charge in [0.1, 0.15) is 0 Å². The molecular formula is C34H28S. The van der Waals surface area contributed by atoms with Gasteiger partial charge >= 0.3 is 0 Å². The molecule has 1 heteroatoms. The average molecular weight is 469 g/mol. The summed E-state index contributed by atoms with van der Waals surface area (Å²) >= 11 is 2.00. The van der Waals surface area contributed by atoms with Crippen LogP contribution in [0.2, 0.25) is 0 Å². The van der Waals surface area contributed by atoms with Crippen molar-refractivity contribution in [1.29, 1.82) is 0 Å². The minimum atomic E-state index is 0.548. The standard InChI is InChI=1S/C34H28S/c1-2-8-24-21(7-1)14-18-33-34(24)31-20-23(15-17-32(31)35-33)22-13-16-29-27-11-4-3-9-25(27)26-10-5-6-12-28(26)30(29)19-22/h1-3,5-10,12-14,16,18,20,26,28,30H,4,11,15,17,19H2. The number of rotatable bonds is 1. The predicted molar refractivity (Wildman–Crippen MR) is 151 cm³/mol. The first-order chi connectivity index (χ1) is 17.3. The molecule has 0 spiro atoms. The first-order valence-corrected chi connectivity index (χ1v) is 14.0. The smallest absolute Gasteiger partial charge is 0.0358 e. The Labute approximate surface area is 211 Å². The SMILES string of the molecule is C1=CC2C3=C(CCC=C3)C3=CC=C(C4=Cc5c(sc6ccc7ccccc7c56)CC4)CC3C2C=C1. The molecule has 2 aromatic carbocycles. The maximum absolute atomic E-state index is 2.56. The fourth-order valence-electron chi connectivity index (χ4n) is 7.29. The van der Waals surface area contributed by atoms with Crippen LogP contribution in [0.3, 0.4) is 0 Å². The molecule has 0 N–H and O–H groups in total. The summed E-state index contributed by atoms with van der Waals surface area (Å²) in [6, 6.07) is 13.5. The van der Waals surface area contributed by atoms with Crippen molar-refractivity contribution >= 4 is 38.3 Å². The summed E-state index contributed by atoms with van der Waals surface area (Å²) < 4.78 is 1.44. The molecule has 3 atom stereocenters. The number of thiophene rings is 1. The lowest BCUT2D eigenvalue weighted by atomic mass is 9.60. The average Bonchev–Trinajstić information content (AvgIpc) is 3.31. The minimum Gasteiger partial charge on any atom is -0.140 e. The second kappa shape index (κ2) is 7.67. The van der Waals surface area contributed by atoms with Gasteiger partial charge in [-0.25, -0.2) is 0 Å². The summed E-state index contributed by atoms with van der Waals surface area (Å²) in [7, 11) is 0. The second-order valence-electron chi connectivity index (χ2n) is 10.6. The Morgan fingerprint density at radius 2 is 1.80 bits per heavy atom. The van der Waals surface area contributed by atoms with Crippen molar-refractivity contribution in [3.8, 4) is 0 Å². The van der Waals surface area contributed by atoms with E-state index in [1.807, 2.05) is 11.3 Å². The van der Waals surface area contributed by atoms with Crippen molar-refractivity contribution in [2.75, 3.05) is 0 Å². The van der Waals surface area contributed by atoms with Crippen LogP contribution in [0, 0.1) is 17.8 Å². The summed E-state index contributed by atoms with van der Waals surface area (Å²) in [5.41, 5.74) is 9.47. The Morgan fingerprint density at radius 3 is 2.80 bits per heavy atom. The third kappa shape index (κ3) is 2.98. The van der Waals surface area contributed by atoms with Gasteiger partial charge in [-0.3, -0.25) is 0 Å². The van der Waals surface area contributed by atoms with Gasteiger partial charge in [-0.15, -0.1) is 11.3 Å². The summed E-state index contributed by atoms with van der Waals surface area (Å²) in [4.78, 5) is 1.56. The van der Waals surface area contributed by atoms with Crippen LogP contribution in [0.1, 0.15) is 36.1 Å². The minimum absolute atomic E-state index is 0.548. The van der Waals surface area contributed by atoms with Gasteiger partial charge in [-0.2, -0.15) is 0 Å². The lowest BCUT2D eigenvalue weighted by Crippen LogP contribution is -2.33.